The van der Waals surface area contributed by atoms with E-state index >= 15 is 0 Å². The zero-order chi connectivity index (χ0) is 22.3. The van der Waals surface area contributed by atoms with Gasteiger partial charge in [0.25, 0.3) is 0 Å². The van der Waals surface area contributed by atoms with E-state index in [1.54, 1.807) is 0 Å². The first-order valence-corrected chi connectivity index (χ1v) is 9.99. The van der Waals surface area contributed by atoms with E-state index in [0.717, 1.165) is 0 Å². The molecule has 176 valence electrons. The Kier molecular flexibility index (Phi) is 20.9. The van der Waals surface area contributed by atoms with Crippen molar-refractivity contribution in [1.82, 2.24) is 10.6 Å². The summed E-state index contributed by atoms with van der Waals surface area (Å²) in [5, 5.41) is 5.26. The van der Waals surface area contributed by atoms with Gasteiger partial charge in [-0.25, -0.2) is 0 Å². The van der Waals surface area contributed by atoms with Gasteiger partial charge in [0.05, 0.1) is 66.1 Å². The van der Waals surface area contributed by atoms with E-state index in [2.05, 4.69) is 10.6 Å². The van der Waals surface area contributed by atoms with E-state index in [9.17, 15) is 14.4 Å². The van der Waals surface area contributed by atoms with Crippen molar-refractivity contribution in [3.05, 3.63) is 0 Å². The number of carbonyl (C=O) groups excluding carboxylic acids is 3. The molecular weight excluding hydrogens is 400 g/mol. The Labute approximate surface area is 178 Å². The summed E-state index contributed by atoms with van der Waals surface area (Å²) in [5.74, 6) is -0.478. The smallest absolute Gasteiger partial charge is 0.246 e. The van der Waals surface area contributed by atoms with Crippen molar-refractivity contribution in [3.8, 4) is 0 Å². The van der Waals surface area contributed by atoms with Gasteiger partial charge in [0.15, 0.2) is 5.78 Å². The van der Waals surface area contributed by atoms with Gasteiger partial charge in [-0.05, 0) is 6.92 Å². The second-order valence-corrected chi connectivity index (χ2v) is 6.09. The SMILES string of the molecule is CC(=O)COCC(=O)NCCOCCOCCOCCOCCOCCNC(C)=O. The van der Waals surface area contributed by atoms with E-state index in [1.165, 1.54) is 13.8 Å². The number of ether oxygens (including phenoxy) is 6. The molecule has 0 atom stereocenters. The topological polar surface area (TPSA) is 131 Å². The second kappa shape index (κ2) is 22.1. The third-order valence-corrected chi connectivity index (χ3v) is 3.22. The standard InChI is InChI=1S/C19H36N2O9/c1-17(22)15-30-16-19(24)21-4-6-26-8-10-28-12-14-29-13-11-27-9-7-25-5-3-20-18(2)23/h3-16H2,1-2H3,(H,20,23)(H,21,24). The first-order chi connectivity index (χ1) is 14.5. The predicted octanol–water partition coefficient (Wildman–Crippen LogP) is -1.07. The summed E-state index contributed by atoms with van der Waals surface area (Å²) in [5.41, 5.74) is 0. The number of nitrogens with one attached hydrogen (secondary N) is 2. The van der Waals surface area contributed by atoms with E-state index in [4.69, 9.17) is 28.4 Å². The van der Waals surface area contributed by atoms with Crippen LogP contribution in [0.25, 0.3) is 0 Å². The molecule has 0 rings (SSSR count). The molecule has 0 spiro atoms. The number of ketones is 1. The molecule has 0 aliphatic heterocycles. The Morgan fingerprint density at radius 3 is 1.33 bits per heavy atom. The zero-order valence-corrected chi connectivity index (χ0v) is 18.1. The van der Waals surface area contributed by atoms with Crippen molar-refractivity contribution in [2.75, 3.05) is 92.4 Å². The quantitative estimate of drug-likeness (QED) is 0.204. The number of carbonyl (C=O) groups is 3. The molecule has 0 aliphatic carbocycles. The molecule has 0 heterocycles. The number of rotatable bonds is 22. The molecule has 30 heavy (non-hydrogen) atoms. The van der Waals surface area contributed by atoms with E-state index in [-0.39, 0.29) is 30.8 Å². The number of hydrogen-bond donors (Lipinski definition) is 2. The summed E-state index contributed by atoms with van der Waals surface area (Å²) in [6.07, 6.45) is 0. The molecule has 0 bridgehead atoms. The molecule has 11 nitrogen and oxygen atoms in total. The molecule has 0 fully saturated rings. The fourth-order valence-electron chi connectivity index (χ4n) is 1.88. The van der Waals surface area contributed by atoms with Gasteiger partial charge in [-0.3, -0.25) is 14.4 Å². The minimum Gasteiger partial charge on any atom is -0.377 e. The van der Waals surface area contributed by atoms with Crippen molar-refractivity contribution in [2.45, 2.75) is 13.8 Å². The maximum atomic E-state index is 11.3. The van der Waals surface area contributed by atoms with Gasteiger partial charge in [-0.15, -0.1) is 0 Å². The first-order valence-electron chi connectivity index (χ1n) is 9.99. The lowest BCUT2D eigenvalue weighted by Gasteiger charge is -2.08. The molecule has 2 N–H and O–H groups in total. The summed E-state index contributed by atoms with van der Waals surface area (Å²) in [4.78, 5) is 32.6. The second-order valence-electron chi connectivity index (χ2n) is 6.09. The lowest BCUT2D eigenvalue weighted by atomic mass is 10.5. The minimum absolute atomic E-state index is 0.0604. The molecule has 0 unspecified atom stereocenters. The van der Waals surface area contributed by atoms with Crippen LogP contribution < -0.4 is 10.6 Å². The van der Waals surface area contributed by atoms with Crippen molar-refractivity contribution in [3.63, 3.8) is 0 Å². The number of hydrogen-bond acceptors (Lipinski definition) is 9. The highest BCUT2D eigenvalue weighted by molar-refractivity contribution is 5.79. The normalized spacial score (nSPS) is 10.7. The summed E-state index contributed by atoms with van der Waals surface area (Å²) < 4.78 is 31.5. The van der Waals surface area contributed by atoms with Crippen LogP contribution in [0.15, 0.2) is 0 Å². The van der Waals surface area contributed by atoms with Gasteiger partial charge < -0.3 is 39.1 Å². The summed E-state index contributed by atoms with van der Waals surface area (Å²) in [6, 6.07) is 0. The fourth-order valence-corrected chi connectivity index (χ4v) is 1.88. The van der Waals surface area contributed by atoms with Crippen LogP contribution in [0, 0.1) is 0 Å². The molecule has 0 aromatic heterocycles. The van der Waals surface area contributed by atoms with Crippen molar-refractivity contribution >= 4 is 17.6 Å². The van der Waals surface area contributed by atoms with Crippen LogP contribution in [0.3, 0.4) is 0 Å². The molecule has 0 aromatic carbocycles. The van der Waals surface area contributed by atoms with Crippen LogP contribution in [0.5, 0.6) is 0 Å². The van der Waals surface area contributed by atoms with Gasteiger partial charge in [-0.2, -0.15) is 0 Å². The van der Waals surface area contributed by atoms with Gasteiger partial charge in [0.1, 0.15) is 13.2 Å². The van der Waals surface area contributed by atoms with Crippen LogP contribution in [0.4, 0.5) is 0 Å². The third-order valence-electron chi connectivity index (χ3n) is 3.22. The van der Waals surface area contributed by atoms with Gasteiger partial charge >= 0.3 is 0 Å². The van der Waals surface area contributed by atoms with Gasteiger partial charge in [0, 0.05) is 20.0 Å². The minimum atomic E-state index is -0.285. The molecular formula is C19H36N2O9. The third kappa shape index (κ3) is 24.4. The van der Waals surface area contributed by atoms with Crippen LogP contribution in [0.2, 0.25) is 0 Å². The highest BCUT2D eigenvalue weighted by atomic mass is 16.6. The van der Waals surface area contributed by atoms with E-state index in [1.807, 2.05) is 0 Å². The lowest BCUT2D eigenvalue weighted by molar-refractivity contribution is -0.129. The van der Waals surface area contributed by atoms with Crippen LogP contribution in [-0.4, -0.2) is 110 Å². The van der Waals surface area contributed by atoms with Crippen LogP contribution in [-0.2, 0) is 42.8 Å². The average Bonchev–Trinajstić information content (AvgIpc) is 2.69. The molecule has 2 amide bonds. The van der Waals surface area contributed by atoms with Crippen LogP contribution >= 0.6 is 0 Å². The highest BCUT2D eigenvalue weighted by Crippen LogP contribution is 1.84. The molecule has 0 aromatic rings. The Bertz CT molecular complexity index is 450. The summed E-state index contributed by atoms with van der Waals surface area (Å²) in [7, 11) is 0. The Morgan fingerprint density at radius 2 is 0.933 bits per heavy atom. The van der Waals surface area contributed by atoms with Crippen molar-refractivity contribution < 1.29 is 42.8 Å². The maximum Gasteiger partial charge on any atom is 0.246 e. The predicted molar refractivity (Wildman–Crippen MR) is 107 cm³/mol. The van der Waals surface area contributed by atoms with Gasteiger partial charge in [0.2, 0.25) is 11.8 Å². The Balaban J connectivity index is 3.12. The Hall–Kier alpha value is -1.63. The highest BCUT2D eigenvalue weighted by Gasteiger charge is 2.01. The monoisotopic (exact) mass is 436 g/mol. The first kappa shape index (κ1) is 28.4. The molecule has 0 saturated carbocycles. The molecule has 0 saturated heterocycles. The molecule has 0 radical (unpaired) electrons. The van der Waals surface area contributed by atoms with E-state index in [0.29, 0.717) is 79.2 Å². The summed E-state index contributed by atoms with van der Waals surface area (Å²) >= 11 is 0. The maximum absolute atomic E-state index is 11.3. The molecule has 11 heteroatoms. The average molecular weight is 437 g/mol. The number of Topliss-reactive ketones (excluding diaryl/α,β-unsaturated/α-hetero) is 1. The summed E-state index contributed by atoms with van der Waals surface area (Å²) in [6.45, 7) is 8.03. The van der Waals surface area contributed by atoms with Gasteiger partial charge in [-0.1, -0.05) is 0 Å². The lowest BCUT2D eigenvalue weighted by Crippen LogP contribution is -2.31. The zero-order valence-electron chi connectivity index (χ0n) is 18.1. The van der Waals surface area contributed by atoms with Crippen LogP contribution in [0.1, 0.15) is 13.8 Å². The molecule has 0 aliphatic rings. The fraction of sp³-hybridized carbons (Fsp3) is 0.842. The van der Waals surface area contributed by atoms with Crippen molar-refractivity contribution in [2.24, 2.45) is 0 Å². The largest absolute Gasteiger partial charge is 0.377 e. The Morgan fingerprint density at radius 1 is 0.533 bits per heavy atom. The van der Waals surface area contributed by atoms with E-state index < -0.39 is 0 Å². The van der Waals surface area contributed by atoms with Crippen molar-refractivity contribution in [1.29, 1.82) is 0 Å². The number of amides is 2.